The van der Waals surface area contributed by atoms with Crippen LogP contribution in [-0.2, 0) is 0 Å². The molecule has 1 aromatic heterocycles. The molecule has 0 radical (unpaired) electrons. The molecule has 0 atom stereocenters. The van der Waals surface area contributed by atoms with E-state index in [1.807, 2.05) is 13.0 Å². The normalized spacial score (nSPS) is 19.4. The molecule has 1 fully saturated rings. The Morgan fingerprint density at radius 2 is 2.04 bits per heavy atom. The van der Waals surface area contributed by atoms with Crippen molar-refractivity contribution in [1.29, 1.82) is 5.26 Å². The van der Waals surface area contributed by atoms with Gasteiger partial charge in [0.15, 0.2) is 0 Å². The molecule has 6 nitrogen and oxygen atoms in total. The number of amides is 1. The highest BCUT2D eigenvalue weighted by Gasteiger charge is 2.24. The van der Waals surface area contributed by atoms with Crippen LogP contribution in [0.1, 0.15) is 47.4 Å². The summed E-state index contributed by atoms with van der Waals surface area (Å²) in [6.45, 7) is 1.83. The van der Waals surface area contributed by atoms with Gasteiger partial charge < -0.3 is 10.1 Å². The standard InChI is InChI=1S/C19H19ClN4O2/c1-12-10-23-18(11-22-12)19(25)24-14-3-6-15(7-4-14)26-16-5-2-13(9-21)17(20)8-16/h2,5,8,10-11,14-15H,3-4,6-7H2,1H3,(H,24,25). The van der Waals surface area contributed by atoms with Gasteiger partial charge in [-0.2, -0.15) is 5.26 Å². The smallest absolute Gasteiger partial charge is 0.271 e. The SMILES string of the molecule is Cc1cnc(C(=O)NC2CCC(Oc3ccc(C#N)c(Cl)c3)CC2)cn1. The number of benzene rings is 1. The molecule has 1 aliphatic rings. The number of halogens is 1. The Morgan fingerprint density at radius 1 is 1.27 bits per heavy atom. The zero-order chi connectivity index (χ0) is 18.5. The van der Waals surface area contributed by atoms with E-state index in [9.17, 15) is 4.79 Å². The van der Waals surface area contributed by atoms with Gasteiger partial charge in [0.05, 0.1) is 28.6 Å². The van der Waals surface area contributed by atoms with E-state index in [0.29, 0.717) is 22.0 Å². The lowest BCUT2D eigenvalue weighted by Gasteiger charge is -2.29. The van der Waals surface area contributed by atoms with E-state index in [4.69, 9.17) is 21.6 Å². The molecule has 134 valence electrons. The maximum Gasteiger partial charge on any atom is 0.271 e. The Balaban J connectivity index is 1.49. The van der Waals surface area contributed by atoms with Crippen LogP contribution in [0.3, 0.4) is 0 Å². The lowest BCUT2D eigenvalue weighted by Crippen LogP contribution is -2.40. The maximum absolute atomic E-state index is 12.2. The first-order valence-electron chi connectivity index (χ1n) is 8.51. The number of nitrogens with one attached hydrogen (secondary N) is 1. The molecule has 1 N–H and O–H groups in total. The average Bonchev–Trinajstić information content (AvgIpc) is 2.64. The molecule has 0 bridgehead atoms. The molecule has 1 amide bonds. The predicted molar refractivity (Wildman–Crippen MR) is 97.1 cm³/mol. The van der Waals surface area contributed by atoms with E-state index in [0.717, 1.165) is 31.4 Å². The lowest BCUT2D eigenvalue weighted by atomic mass is 9.93. The minimum absolute atomic E-state index is 0.0753. The van der Waals surface area contributed by atoms with Crippen LogP contribution in [-0.4, -0.2) is 28.0 Å². The van der Waals surface area contributed by atoms with Gasteiger partial charge >= 0.3 is 0 Å². The second-order valence-electron chi connectivity index (χ2n) is 6.36. The summed E-state index contributed by atoms with van der Waals surface area (Å²) < 4.78 is 5.96. The minimum Gasteiger partial charge on any atom is -0.490 e. The zero-order valence-corrected chi connectivity index (χ0v) is 15.2. The van der Waals surface area contributed by atoms with E-state index < -0.39 is 0 Å². The van der Waals surface area contributed by atoms with Crippen LogP contribution < -0.4 is 10.1 Å². The lowest BCUT2D eigenvalue weighted by molar-refractivity contribution is 0.0888. The van der Waals surface area contributed by atoms with Crippen molar-refractivity contribution in [2.45, 2.75) is 44.8 Å². The van der Waals surface area contributed by atoms with Crippen molar-refractivity contribution in [3.05, 3.63) is 52.6 Å². The fraction of sp³-hybridized carbons (Fsp3) is 0.368. The third-order valence-electron chi connectivity index (χ3n) is 4.39. The van der Waals surface area contributed by atoms with Gasteiger partial charge in [-0.05, 0) is 44.7 Å². The number of ether oxygens (including phenoxy) is 1. The largest absolute Gasteiger partial charge is 0.490 e. The van der Waals surface area contributed by atoms with Crippen molar-refractivity contribution >= 4 is 17.5 Å². The summed E-state index contributed by atoms with van der Waals surface area (Å²) in [6, 6.07) is 7.22. The second kappa shape index (κ2) is 8.15. The topological polar surface area (TPSA) is 87.9 Å². The molecule has 1 saturated carbocycles. The summed E-state index contributed by atoms with van der Waals surface area (Å²) >= 11 is 6.03. The quantitative estimate of drug-likeness (QED) is 0.890. The Kier molecular flexibility index (Phi) is 5.69. The fourth-order valence-corrected chi connectivity index (χ4v) is 3.16. The van der Waals surface area contributed by atoms with Crippen LogP contribution in [0.15, 0.2) is 30.6 Å². The number of aromatic nitrogens is 2. The molecule has 26 heavy (non-hydrogen) atoms. The molecule has 0 saturated heterocycles. The van der Waals surface area contributed by atoms with Gasteiger partial charge in [0.25, 0.3) is 5.91 Å². The molecule has 1 aromatic carbocycles. The maximum atomic E-state index is 12.2. The first-order chi connectivity index (χ1) is 12.5. The molecule has 0 unspecified atom stereocenters. The highest BCUT2D eigenvalue weighted by Crippen LogP contribution is 2.27. The number of nitriles is 1. The van der Waals surface area contributed by atoms with Gasteiger partial charge in [0.1, 0.15) is 17.5 Å². The molecular formula is C19H19ClN4O2. The summed E-state index contributed by atoms with van der Waals surface area (Å²) in [4.78, 5) is 20.4. The zero-order valence-electron chi connectivity index (χ0n) is 14.4. The minimum atomic E-state index is -0.194. The Hall–Kier alpha value is -2.65. The molecule has 3 rings (SSSR count). The number of rotatable bonds is 4. The fourth-order valence-electron chi connectivity index (χ4n) is 2.95. The van der Waals surface area contributed by atoms with Gasteiger partial charge in [-0.25, -0.2) is 4.98 Å². The number of carbonyl (C=O) groups excluding carboxylic acids is 1. The molecule has 7 heteroatoms. The monoisotopic (exact) mass is 370 g/mol. The predicted octanol–water partition coefficient (Wildman–Crippen LogP) is 3.43. The number of carbonyl (C=O) groups is 1. The van der Waals surface area contributed by atoms with Crippen LogP contribution in [0.2, 0.25) is 5.02 Å². The highest BCUT2D eigenvalue weighted by atomic mass is 35.5. The van der Waals surface area contributed by atoms with Gasteiger partial charge in [-0.15, -0.1) is 0 Å². The third-order valence-corrected chi connectivity index (χ3v) is 4.70. The number of hydrogen-bond acceptors (Lipinski definition) is 5. The molecule has 0 spiro atoms. The van der Waals surface area contributed by atoms with Gasteiger partial charge in [0.2, 0.25) is 0 Å². The molecule has 0 aliphatic heterocycles. The van der Waals surface area contributed by atoms with Gasteiger partial charge in [-0.1, -0.05) is 11.6 Å². The van der Waals surface area contributed by atoms with Crippen molar-refractivity contribution in [2.24, 2.45) is 0 Å². The second-order valence-corrected chi connectivity index (χ2v) is 6.77. The van der Waals surface area contributed by atoms with E-state index in [2.05, 4.69) is 15.3 Å². The molecule has 1 heterocycles. The Labute approximate surface area is 157 Å². The Morgan fingerprint density at radius 3 is 2.65 bits per heavy atom. The van der Waals surface area contributed by atoms with E-state index in [-0.39, 0.29) is 18.1 Å². The van der Waals surface area contributed by atoms with Crippen LogP contribution in [0.25, 0.3) is 0 Å². The first kappa shape index (κ1) is 18.2. The van der Waals surface area contributed by atoms with Gasteiger partial charge in [0, 0.05) is 18.3 Å². The third kappa shape index (κ3) is 4.50. The summed E-state index contributed by atoms with van der Waals surface area (Å²) in [6.07, 6.45) is 6.49. The molecular weight excluding hydrogens is 352 g/mol. The van der Waals surface area contributed by atoms with Crippen LogP contribution in [0.5, 0.6) is 5.75 Å². The Bertz CT molecular complexity index is 824. The van der Waals surface area contributed by atoms with Crippen molar-refractivity contribution in [2.75, 3.05) is 0 Å². The highest BCUT2D eigenvalue weighted by molar-refractivity contribution is 6.31. The van der Waals surface area contributed by atoms with Crippen LogP contribution in [0.4, 0.5) is 0 Å². The first-order valence-corrected chi connectivity index (χ1v) is 8.89. The van der Waals surface area contributed by atoms with E-state index in [1.165, 1.54) is 6.20 Å². The number of hydrogen-bond donors (Lipinski definition) is 1. The average molecular weight is 371 g/mol. The molecule has 1 aliphatic carbocycles. The van der Waals surface area contributed by atoms with Crippen LogP contribution in [0, 0.1) is 18.3 Å². The van der Waals surface area contributed by atoms with Crippen molar-refractivity contribution < 1.29 is 9.53 Å². The number of aryl methyl sites for hydroxylation is 1. The summed E-state index contributed by atoms with van der Waals surface area (Å²) in [5.41, 5.74) is 1.55. The van der Waals surface area contributed by atoms with Gasteiger partial charge in [-0.3, -0.25) is 9.78 Å². The summed E-state index contributed by atoms with van der Waals surface area (Å²) in [7, 11) is 0. The molecule has 2 aromatic rings. The van der Waals surface area contributed by atoms with Crippen molar-refractivity contribution in [3.8, 4) is 11.8 Å². The van der Waals surface area contributed by atoms with E-state index in [1.54, 1.807) is 24.4 Å². The summed E-state index contributed by atoms with van der Waals surface area (Å²) in [5.74, 6) is 0.470. The summed E-state index contributed by atoms with van der Waals surface area (Å²) in [5, 5.41) is 12.3. The van der Waals surface area contributed by atoms with Crippen LogP contribution >= 0.6 is 11.6 Å². The van der Waals surface area contributed by atoms with Crippen molar-refractivity contribution in [3.63, 3.8) is 0 Å². The van der Waals surface area contributed by atoms with Crippen molar-refractivity contribution in [1.82, 2.24) is 15.3 Å². The van der Waals surface area contributed by atoms with E-state index >= 15 is 0 Å². The number of nitrogens with zero attached hydrogens (tertiary/aromatic N) is 3.